The van der Waals surface area contributed by atoms with E-state index in [1.54, 1.807) is 0 Å². The summed E-state index contributed by atoms with van der Waals surface area (Å²) in [6.45, 7) is 3.19. The van der Waals surface area contributed by atoms with Crippen molar-refractivity contribution in [3.63, 3.8) is 0 Å². The monoisotopic (exact) mass is 256 g/mol. The maximum Gasteiger partial charge on any atom is 0.0577 e. The molecule has 0 aromatic heterocycles. The number of ether oxygens (including phenoxy) is 1. The van der Waals surface area contributed by atoms with Gasteiger partial charge in [0.05, 0.1) is 12.2 Å². The van der Waals surface area contributed by atoms with Crippen molar-refractivity contribution in [2.75, 3.05) is 6.61 Å². The van der Waals surface area contributed by atoms with Gasteiger partial charge in [-0.05, 0) is 32.1 Å². The first-order chi connectivity index (χ1) is 8.83. The molecule has 0 amide bonds. The van der Waals surface area contributed by atoms with Crippen LogP contribution in [0.25, 0.3) is 0 Å². The van der Waals surface area contributed by atoms with E-state index in [9.17, 15) is 5.11 Å². The zero-order valence-electron chi connectivity index (χ0n) is 12.2. The van der Waals surface area contributed by atoms with E-state index in [0.29, 0.717) is 6.10 Å². The highest BCUT2D eigenvalue weighted by atomic mass is 16.5. The van der Waals surface area contributed by atoms with E-state index in [2.05, 4.69) is 6.92 Å². The van der Waals surface area contributed by atoms with E-state index < -0.39 is 0 Å². The molecular weight excluding hydrogens is 224 g/mol. The number of hydrogen-bond acceptors (Lipinski definition) is 2. The van der Waals surface area contributed by atoms with Gasteiger partial charge >= 0.3 is 0 Å². The summed E-state index contributed by atoms with van der Waals surface area (Å²) in [4.78, 5) is 0. The normalized spacial score (nSPS) is 24.3. The summed E-state index contributed by atoms with van der Waals surface area (Å²) in [5, 5.41) is 9.40. The van der Waals surface area contributed by atoms with Crippen molar-refractivity contribution >= 4 is 0 Å². The van der Waals surface area contributed by atoms with Gasteiger partial charge in [0.1, 0.15) is 0 Å². The van der Waals surface area contributed by atoms with Gasteiger partial charge in [-0.3, -0.25) is 0 Å². The van der Waals surface area contributed by atoms with Crippen molar-refractivity contribution in [1.29, 1.82) is 0 Å². The fraction of sp³-hybridized carbons (Fsp3) is 1.00. The van der Waals surface area contributed by atoms with Gasteiger partial charge in [0.15, 0.2) is 0 Å². The van der Waals surface area contributed by atoms with Gasteiger partial charge in [-0.25, -0.2) is 0 Å². The Labute approximate surface area is 113 Å². The highest BCUT2D eigenvalue weighted by Crippen LogP contribution is 2.21. The van der Waals surface area contributed by atoms with Crippen LogP contribution in [-0.4, -0.2) is 23.9 Å². The van der Waals surface area contributed by atoms with Gasteiger partial charge in [-0.2, -0.15) is 0 Å². The van der Waals surface area contributed by atoms with Crippen LogP contribution in [0.3, 0.4) is 0 Å². The third-order valence-corrected chi connectivity index (χ3v) is 4.00. The van der Waals surface area contributed by atoms with Gasteiger partial charge in [0, 0.05) is 6.61 Å². The van der Waals surface area contributed by atoms with Crippen LogP contribution in [0.2, 0.25) is 0 Å². The number of rotatable bonds is 10. The number of aliphatic hydroxyl groups is 1. The molecule has 108 valence electrons. The maximum atomic E-state index is 9.40. The first-order valence-electron chi connectivity index (χ1n) is 8.12. The van der Waals surface area contributed by atoms with E-state index >= 15 is 0 Å². The highest BCUT2D eigenvalue weighted by Gasteiger charge is 2.19. The number of unbranched alkanes of at least 4 members (excludes halogenated alkanes) is 7. The Bertz CT molecular complexity index is 174. The molecule has 0 bridgehead atoms. The smallest absolute Gasteiger partial charge is 0.0577 e. The summed E-state index contributed by atoms with van der Waals surface area (Å²) in [7, 11) is 0. The lowest BCUT2D eigenvalue weighted by atomic mass is 9.95. The fourth-order valence-electron chi connectivity index (χ4n) is 2.70. The number of hydrogen-bond donors (Lipinski definition) is 1. The molecule has 0 unspecified atom stereocenters. The van der Waals surface area contributed by atoms with Crippen molar-refractivity contribution in [2.45, 2.75) is 96.2 Å². The van der Waals surface area contributed by atoms with Crippen LogP contribution < -0.4 is 0 Å². The summed E-state index contributed by atoms with van der Waals surface area (Å²) >= 11 is 0. The second-order valence-electron chi connectivity index (χ2n) is 5.78. The Kier molecular flexibility index (Phi) is 9.59. The molecule has 1 N–H and O–H groups in total. The molecule has 0 radical (unpaired) electrons. The molecule has 0 heterocycles. The van der Waals surface area contributed by atoms with Gasteiger partial charge < -0.3 is 9.84 Å². The molecule has 0 atom stereocenters. The minimum atomic E-state index is -0.0621. The summed E-state index contributed by atoms with van der Waals surface area (Å²) < 4.78 is 5.87. The summed E-state index contributed by atoms with van der Waals surface area (Å²) in [6, 6.07) is 0. The van der Waals surface area contributed by atoms with Gasteiger partial charge in [0.2, 0.25) is 0 Å². The molecule has 1 aliphatic carbocycles. The van der Waals surface area contributed by atoms with Gasteiger partial charge in [0.25, 0.3) is 0 Å². The minimum Gasteiger partial charge on any atom is -0.393 e. The fourth-order valence-corrected chi connectivity index (χ4v) is 2.70. The number of aliphatic hydroxyl groups excluding tert-OH is 1. The first kappa shape index (κ1) is 16.0. The van der Waals surface area contributed by atoms with Crippen molar-refractivity contribution in [2.24, 2.45) is 0 Å². The van der Waals surface area contributed by atoms with Crippen molar-refractivity contribution in [1.82, 2.24) is 0 Å². The Hall–Kier alpha value is -0.0800. The van der Waals surface area contributed by atoms with E-state index in [1.165, 1.54) is 51.4 Å². The second kappa shape index (κ2) is 10.8. The van der Waals surface area contributed by atoms with Crippen molar-refractivity contribution < 1.29 is 9.84 Å². The summed E-state index contributed by atoms with van der Waals surface area (Å²) in [6.07, 6.45) is 15.2. The lowest BCUT2D eigenvalue weighted by molar-refractivity contribution is -0.00447. The van der Waals surface area contributed by atoms with Crippen LogP contribution in [0.1, 0.15) is 84.0 Å². The largest absolute Gasteiger partial charge is 0.393 e. The molecule has 0 saturated heterocycles. The molecule has 0 aromatic carbocycles. The minimum absolute atomic E-state index is 0.0621. The molecule has 0 aromatic rings. The molecule has 2 nitrogen and oxygen atoms in total. The van der Waals surface area contributed by atoms with Crippen molar-refractivity contribution in [3.8, 4) is 0 Å². The average molecular weight is 256 g/mol. The van der Waals surface area contributed by atoms with E-state index in [0.717, 1.165) is 32.3 Å². The van der Waals surface area contributed by atoms with E-state index in [4.69, 9.17) is 4.74 Å². The molecule has 2 heteroatoms. The molecule has 0 spiro atoms. The third-order valence-electron chi connectivity index (χ3n) is 4.00. The zero-order valence-corrected chi connectivity index (χ0v) is 12.2. The molecule has 1 aliphatic rings. The van der Waals surface area contributed by atoms with E-state index in [1.807, 2.05) is 0 Å². The second-order valence-corrected chi connectivity index (χ2v) is 5.78. The molecule has 0 aliphatic heterocycles. The van der Waals surface area contributed by atoms with Crippen LogP contribution in [0, 0.1) is 0 Å². The van der Waals surface area contributed by atoms with Gasteiger partial charge in [-0.15, -0.1) is 0 Å². The standard InChI is InChI=1S/C16H32O2/c1-2-3-4-5-6-7-8-9-14-18-16-12-10-15(17)11-13-16/h15-17H,2-14H2,1H3. The van der Waals surface area contributed by atoms with Crippen LogP contribution in [0.4, 0.5) is 0 Å². The Morgan fingerprint density at radius 2 is 1.39 bits per heavy atom. The van der Waals surface area contributed by atoms with Crippen molar-refractivity contribution in [3.05, 3.63) is 0 Å². The summed E-state index contributed by atoms with van der Waals surface area (Å²) in [5.41, 5.74) is 0. The topological polar surface area (TPSA) is 29.5 Å². The molecular formula is C16H32O2. The first-order valence-corrected chi connectivity index (χ1v) is 8.12. The lowest BCUT2D eigenvalue weighted by Crippen LogP contribution is -2.24. The molecule has 1 saturated carbocycles. The molecule has 1 rings (SSSR count). The third kappa shape index (κ3) is 8.10. The maximum absolute atomic E-state index is 9.40. The van der Waals surface area contributed by atoms with Crippen LogP contribution in [-0.2, 0) is 4.74 Å². The van der Waals surface area contributed by atoms with Crippen LogP contribution in [0.15, 0.2) is 0 Å². The van der Waals surface area contributed by atoms with E-state index in [-0.39, 0.29) is 6.10 Å². The molecule has 1 fully saturated rings. The Morgan fingerprint density at radius 3 is 2.00 bits per heavy atom. The average Bonchev–Trinajstić information content (AvgIpc) is 2.39. The quantitative estimate of drug-likeness (QED) is 0.585. The predicted octanol–water partition coefficient (Wildman–Crippen LogP) is 4.45. The SMILES string of the molecule is CCCCCCCCCCOC1CCC(O)CC1. The Morgan fingerprint density at radius 1 is 0.833 bits per heavy atom. The molecule has 18 heavy (non-hydrogen) atoms. The zero-order chi connectivity index (χ0) is 13.1. The van der Waals surface area contributed by atoms with Crippen LogP contribution in [0.5, 0.6) is 0 Å². The predicted molar refractivity (Wildman–Crippen MR) is 76.8 cm³/mol. The van der Waals surface area contributed by atoms with Gasteiger partial charge in [-0.1, -0.05) is 51.9 Å². The lowest BCUT2D eigenvalue weighted by Gasteiger charge is -2.25. The Balaban J connectivity index is 1.78. The van der Waals surface area contributed by atoms with Crippen LogP contribution >= 0.6 is 0 Å². The summed E-state index contributed by atoms with van der Waals surface area (Å²) in [5.74, 6) is 0. The highest BCUT2D eigenvalue weighted by molar-refractivity contribution is 4.71.